The van der Waals surface area contributed by atoms with Gasteiger partial charge in [0.25, 0.3) is 0 Å². The van der Waals surface area contributed by atoms with Crippen LogP contribution in [-0.4, -0.2) is 11.7 Å². The van der Waals surface area contributed by atoms with Gasteiger partial charge in [0, 0.05) is 6.42 Å². The normalized spacial score (nSPS) is 29.0. The summed E-state index contributed by atoms with van der Waals surface area (Å²) in [6, 6.07) is 6.28. The highest BCUT2D eigenvalue weighted by Crippen LogP contribution is 2.47. The van der Waals surface area contributed by atoms with Crippen molar-refractivity contribution in [2.24, 2.45) is 11.3 Å². The smallest absolute Gasteiger partial charge is 0.122 e. The molecule has 0 unspecified atom stereocenters. The first-order valence-electron chi connectivity index (χ1n) is 8.43. The third-order valence-corrected chi connectivity index (χ3v) is 6.06. The molecule has 1 aromatic carbocycles. The standard InChI is InChI=1S/C19H28O2/c1-4-18(2,3)15-7-10-19(20,11-8-15)16-5-6-17-14(13-16)9-12-21-17/h5-6,13,15,20H,4,7-12H2,1-3H3. The highest BCUT2D eigenvalue weighted by Gasteiger charge is 2.39. The van der Waals surface area contributed by atoms with Gasteiger partial charge in [0.15, 0.2) is 0 Å². The van der Waals surface area contributed by atoms with Crippen molar-refractivity contribution in [1.82, 2.24) is 0 Å². The summed E-state index contributed by atoms with van der Waals surface area (Å²) in [5, 5.41) is 11.1. The second-order valence-corrected chi connectivity index (χ2v) is 7.57. The van der Waals surface area contributed by atoms with Crippen LogP contribution >= 0.6 is 0 Å². The SMILES string of the molecule is CCC(C)(C)C1CCC(O)(c2ccc3c(c2)CCO3)CC1. The Hall–Kier alpha value is -1.02. The first-order chi connectivity index (χ1) is 9.94. The molecule has 0 spiro atoms. The minimum absolute atomic E-state index is 0.396. The number of benzene rings is 1. The monoisotopic (exact) mass is 288 g/mol. The Kier molecular flexibility index (Phi) is 3.77. The number of rotatable bonds is 3. The third kappa shape index (κ3) is 2.70. The van der Waals surface area contributed by atoms with Crippen molar-refractivity contribution < 1.29 is 9.84 Å². The van der Waals surface area contributed by atoms with E-state index < -0.39 is 5.60 Å². The second kappa shape index (κ2) is 5.31. The highest BCUT2D eigenvalue weighted by molar-refractivity contribution is 5.41. The lowest BCUT2D eigenvalue weighted by atomic mass is 9.65. The van der Waals surface area contributed by atoms with Gasteiger partial charge in [-0.2, -0.15) is 0 Å². The summed E-state index contributed by atoms with van der Waals surface area (Å²) in [4.78, 5) is 0. The minimum atomic E-state index is -0.627. The van der Waals surface area contributed by atoms with Crippen molar-refractivity contribution in [3.05, 3.63) is 29.3 Å². The average Bonchev–Trinajstić information content (AvgIpc) is 2.95. The Morgan fingerprint density at radius 2 is 2.00 bits per heavy atom. The lowest BCUT2D eigenvalue weighted by Gasteiger charge is -2.42. The van der Waals surface area contributed by atoms with Gasteiger partial charge in [-0.15, -0.1) is 0 Å². The summed E-state index contributed by atoms with van der Waals surface area (Å²) in [5.41, 5.74) is 2.13. The van der Waals surface area contributed by atoms with Crippen LogP contribution in [0.2, 0.25) is 0 Å². The fourth-order valence-corrected chi connectivity index (χ4v) is 3.93. The molecular weight excluding hydrogens is 260 g/mol. The van der Waals surface area contributed by atoms with Crippen LogP contribution in [0.4, 0.5) is 0 Å². The molecule has 1 aromatic rings. The molecule has 2 heteroatoms. The predicted octanol–water partition coefficient (Wildman–Crippen LogP) is 4.44. The van der Waals surface area contributed by atoms with Crippen molar-refractivity contribution in [3.8, 4) is 5.75 Å². The number of hydrogen-bond donors (Lipinski definition) is 1. The average molecular weight is 288 g/mol. The van der Waals surface area contributed by atoms with Gasteiger partial charge in [-0.3, -0.25) is 0 Å². The molecule has 1 aliphatic heterocycles. The molecule has 1 heterocycles. The van der Waals surface area contributed by atoms with Gasteiger partial charge < -0.3 is 9.84 Å². The van der Waals surface area contributed by atoms with Crippen molar-refractivity contribution in [2.45, 2.75) is 64.9 Å². The van der Waals surface area contributed by atoms with E-state index in [0.29, 0.717) is 5.41 Å². The zero-order valence-corrected chi connectivity index (χ0v) is 13.6. The van der Waals surface area contributed by atoms with Crippen LogP contribution < -0.4 is 4.74 Å². The van der Waals surface area contributed by atoms with Crippen LogP contribution in [0.25, 0.3) is 0 Å². The third-order valence-electron chi connectivity index (χ3n) is 6.06. The number of fused-ring (bicyclic) bond motifs is 1. The molecule has 0 atom stereocenters. The molecular formula is C19H28O2. The first kappa shape index (κ1) is 14.9. The van der Waals surface area contributed by atoms with E-state index in [1.54, 1.807) is 0 Å². The summed E-state index contributed by atoms with van der Waals surface area (Å²) in [6.45, 7) is 7.80. The Morgan fingerprint density at radius 3 is 2.67 bits per heavy atom. The highest BCUT2D eigenvalue weighted by atomic mass is 16.5. The fraction of sp³-hybridized carbons (Fsp3) is 0.684. The molecule has 0 saturated heterocycles. The van der Waals surface area contributed by atoms with E-state index in [4.69, 9.17) is 4.74 Å². The first-order valence-corrected chi connectivity index (χ1v) is 8.43. The van der Waals surface area contributed by atoms with Crippen LogP contribution in [0.5, 0.6) is 5.75 Å². The molecule has 1 aliphatic carbocycles. The van der Waals surface area contributed by atoms with E-state index in [1.165, 1.54) is 12.0 Å². The fourth-order valence-electron chi connectivity index (χ4n) is 3.93. The minimum Gasteiger partial charge on any atom is -0.493 e. The van der Waals surface area contributed by atoms with E-state index in [2.05, 4.69) is 32.9 Å². The van der Waals surface area contributed by atoms with E-state index in [-0.39, 0.29) is 0 Å². The van der Waals surface area contributed by atoms with Crippen LogP contribution in [0.1, 0.15) is 64.0 Å². The summed E-state index contributed by atoms with van der Waals surface area (Å²) in [6.07, 6.45) is 6.23. The quantitative estimate of drug-likeness (QED) is 0.891. The zero-order valence-electron chi connectivity index (χ0n) is 13.6. The summed E-state index contributed by atoms with van der Waals surface area (Å²) in [7, 11) is 0. The van der Waals surface area contributed by atoms with Gasteiger partial charge in [0.1, 0.15) is 5.75 Å². The molecule has 3 rings (SSSR count). The van der Waals surface area contributed by atoms with Crippen LogP contribution in [0, 0.1) is 11.3 Å². The maximum atomic E-state index is 11.1. The molecule has 2 aliphatic rings. The summed E-state index contributed by atoms with van der Waals surface area (Å²) in [5.74, 6) is 1.74. The summed E-state index contributed by atoms with van der Waals surface area (Å²) < 4.78 is 5.57. The van der Waals surface area contributed by atoms with Gasteiger partial charge in [-0.1, -0.05) is 33.3 Å². The Labute approximate surface area is 128 Å². The Balaban J connectivity index is 1.75. The van der Waals surface area contributed by atoms with Crippen molar-refractivity contribution >= 4 is 0 Å². The van der Waals surface area contributed by atoms with Crippen LogP contribution in [0.3, 0.4) is 0 Å². The molecule has 0 radical (unpaired) electrons. The predicted molar refractivity (Wildman–Crippen MR) is 85.6 cm³/mol. The topological polar surface area (TPSA) is 29.5 Å². The number of aliphatic hydroxyl groups is 1. The molecule has 1 N–H and O–H groups in total. The maximum Gasteiger partial charge on any atom is 0.122 e. The second-order valence-electron chi connectivity index (χ2n) is 7.57. The molecule has 0 amide bonds. The van der Waals surface area contributed by atoms with E-state index in [9.17, 15) is 5.11 Å². The molecule has 21 heavy (non-hydrogen) atoms. The molecule has 0 aromatic heterocycles. The largest absolute Gasteiger partial charge is 0.493 e. The van der Waals surface area contributed by atoms with Crippen molar-refractivity contribution in [3.63, 3.8) is 0 Å². The van der Waals surface area contributed by atoms with Crippen molar-refractivity contribution in [2.75, 3.05) is 6.61 Å². The van der Waals surface area contributed by atoms with Gasteiger partial charge in [-0.05, 0) is 60.3 Å². The van der Waals surface area contributed by atoms with Gasteiger partial charge in [0.2, 0.25) is 0 Å². The number of ether oxygens (including phenoxy) is 1. The molecule has 1 saturated carbocycles. The lowest BCUT2D eigenvalue weighted by Crippen LogP contribution is -2.36. The lowest BCUT2D eigenvalue weighted by molar-refractivity contribution is -0.0328. The van der Waals surface area contributed by atoms with Crippen molar-refractivity contribution in [1.29, 1.82) is 0 Å². The molecule has 2 nitrogen and oxygen atoms in total. The maximum absolute atomic E-state index is 11.1. The molecule has 1 fully saturated rings. The zero-order chi connectivity index (χ0) is 15.1. The van der Waals surface area contributed by atoms with E-state index >= 15 is 0 Å². The van der Waals surface area contributed by atoms with E-state index in [0.717, 1.165) is 55.9 Å². The van der Waals surface area contributed by atoms with E-state index in [1.807, 2.05) is 6.07 Å². The Bertz CT molecular complexity index is 510. The van der Waals surface area contributed by atoms with Gasteiger partial charge in [0.05, 0.1) is 12.2 Å². The van der Waals surface area contributed by atoms with Gasteiger partial charge >= 0.3 is 0 Å². The van der Waals surface area contributed by atoms with Crippen LogP contribution in [-0.2, 0) is 12.0 Å². The summed E-state index contributed by atoms with van der Waals surface area (Å²) >= 11 is 0. The Morgan fingerprint density at radius 1 is 1.29 bits per heavy atom. The molecule has 0 bridgehead atoms. The number of hydrogen-bond acceptors (Lipinski definition) is 2. The van der Waals surface area contributed by atoms with Gasteiger partial charge in [-0.25, -0.2) is 0 Å². The van der Waals surface area contributed by atoms with Crippen LogP contribution in [0.15, 0.2) is 18.2 Å². The molecule has 116 valence electrons.